The Hall–Kier alpha value is -1.46. The van der Waals surface area contributed by atoms with E-state index in [9.17, 15) is 9.59 Å². The van der Waals surface area contributed by atoms with Gasteiger partial charge in [0.25, 0.3) is 0 Å². The van der Waals surface area contributed by atoms with Gasteiger partial charge in [0.15, 0.2) is 0 Å². The number of azo groups is 1. The molecule has 2 atom stereocenters. The van der Waals surface area contributed by atoms with E-state index in [0.29, 0.717) is 0 Å². The van der Waals surface area contributed by atoms with Crippen LogP contribution in [0, 0.1) is 0 Å². The Kier molecular flexibility index (Phi) is 14.2. The summed E-state index contributed by atoms with van der Waals surface area (Å²) in [6.07, 6.45) is 7.56. The Morgan fingerprint density at radius 3 is 1.38 bits per heavy atom. The van der Waals surface area contributed by atoms with Gasteiger partial charge in [-0.15, -0.1) is 0 Å². The van der Waals surface area contributed by atoms with Crippen LogP contribution in [0.4, 0.5) is 9.59 Å². The monoisotopic (exact) mass is 342 g/mol. The Morgan fingerprint density at radius 1 is 0.708 bits per heavy atom. The van der Waals surface area contributed by atoms with Gasteiger partial charge in [-0.2, -0.15) is 0 Å². The van der Waals surface area contributed by atoms with Gasteiger partial charge < -0.3 is 9.47 Å². The van der Waals surface area contributed by atoms with Crippen molar-refractivity contribution in [3.8, 4) is 0 Å². The lowest BCUT2D eigenvalue weighted by Gasteiger charge is -2.14. The van der Waals surface area contributed by atoms with Crippen LogP contribution in [-0.4, -0.2) is 24.4 Å². The van der Waals surface area contributed by atoms with Crippen molar-refractivity contribution in [3.63, 3.8) is 0 Å². The van der Waals surface area contributed by atoms with Gasteiger partial charge in [-0.25, -0.2) is 9.59 Å². The molecule has 140 valence electrons. The number of rotatable bonds is 12. The van der Waals surface area contributed by atoms with E-state index in [1.165, 1.54) is 0 Å². The predicted molar refractivity (Wildman–Crippen MR) is 94.3 cm³/mol. The maximum atomic E-state index is 11.6. The van der Waals surface area contributed by atoms with Crippen LogP contribution in [0.5, 0.6) is 0 Å². The predicted octanol–water partition coefficient (Wildman–Crippen LogP) is 6.43. The van der Waals surface area contributed by atoms with Gasteiger partial charge in [0, 0.05) is 0 Å². The lowest BCUT2D eigenvalue weighted by Crippen LogP contribution is -2.16. The Balaban J connectivity index is 4.18. The number of carbonyl (C=O) groups is 2. The molecular weight excluding hydrogens is 308 g/mol. The van der Waals surface area contributed by atoms with Crippen molar-refractivity contribution in [2.45, 2.75) is 104 Å². The lowest BCUT2D eigenvalue weighted by atomic mass is 10.1. The summed E-state index contributed by atoms with van der Waals surface area (Å²) in [5.74, 6) is 0. The highest BCUT2D eigenvalue weighted by atomic mass is 16.6. The first-order valence-corrected chi connectivity index (χ1v) is 9.40. The summed E-state index contributed by atoms with van der Waals surface area (Å²) in [6.45, 7) is 8.16. The average Bonchev–Trinajstić information content (AvgIpc) is 2.58. The Bertz CT molecular complexity index is 338. The Morgan fingerprint density at radius 2 is 1.08 bits per heavy atom. The van der Waals surface area contributed by atoms with E-state index in [1.54, 1.807) is 0 Å². The van der Waals surface area contributed by atoms with Crippen LogP contribution in [0.15, 0.2) is 10.2 Å². The molecular formula is C18H34N2O4. The summed E-state index contributed by atoms with van der Waals surface area (Å²) < 4.78 is 10.4. The zero-order chi connectivity index (χ0) is 18.2. The molecule has 6 heteroatoms. The van der Waals surface area contributed by atoms with Gasteiger partial charge in [-0.3, -0.25) is 0 Å². The van der Waals surface area contributed by atoms with E-state index in [-0.39, 0.29) is 12.2 Å². The van der Waals surface area contributed by atoms with E-state index in [1.807, 2.05) is 13.8 Å². The fourth-order valence-electron chi connectivity index (χ4n) is 2.35. The van der Waals surface area contributed by atoms with Crippen LogP contribution in [0.2, 0.25) is 0 Å². The summed E-state index contributed by atoms with van der Waals surface area (Å²) in [5, 5.41) is 6.63. The van der Waals surface area contributed by atoms with Gasteiger partial charge in [-0.05, 0) is 38.5 Å². The molecule has 0 aromatic carbocycles. The van der Waals surface area contributed by atoms with Gasteiger partial charge >= 0.3 is 12.2 Å². The van der Waals surface area contributed by atoms with Crippen molar-refractivity contribution in [2.75, 3.05) is 0 Å². The van der Waals surface area contributed by atoms with Crippen LogP contribution in [0.1, 0.15) is 91.9 Å². The maximum Gasteiger partial charge on any atom is 0.452 e. The highest BCUT2D eigenvalue weighted by Gasteiger charge is 2.14. The molecule has 2 unspecified atom stereocenters. The summed E-state index contributed by atoms with van der Waals surface area (Å²) >= 11 is 0. The largest absolute Gasteiger partial charge is 0.452 e. The van der Waals surface area contributed by atoms with Crippen molar-refractivity contribution >= 4 is 12.2 Å². The van der Waals surface area contributed by atoms with E-state index in [0.717, 1.165) is 64.2 Å². The molecule has 0 aromatic heterocycles. The second-order valence-corrected chi connectivity index (χ2v) is 6.02. The first-order valence-electron chi connectivity index (χ1n) is 9.40. The third-order valence-corrected chi connectivity index (χ3v) is 3.92. The summed E-state index contributed by atoms with van der Waals surface area (Å²) in [5.41, 5.74) is 0. The zero-order valence-corrected chi connectivity index (χ0v) is 15.8. The van der Waals surface area contributed by atoms with Crippen molar-refractivity contribution in [3.05, 3.63) is 0 Å². The van der Waals surface area contributed by atoms with E-state index in [2.05, 4.69) is 24.1 Å². The molecule has 24 heavy (non-hydrogen) atoms. The molecule has 0 saturated carbocycles. The number of amides is 2. The highest BCUT2D eigenvalue weighted by molar-refractivity contribution is 5.73. The summed E-state index contributed by atoms with van der Waals surface area (Å²) in [7, 11) is 0. The average molecular weight is 342 g/mol. The fraction of sp³-hybridized carbons (Fsp3) is 0.889. The lowest BCUT2D eigenvalue weighted by molar-refractivity contribution is 0.0882. The molecule has 6 nitrogen and oxygen atoms in total. The molecule has 0 bridgehead atoms. The van der Waals surface area contributed by atoms with Gasteiger partial charge in [0.05, 0.1) is 0 Å². The molecule has 0 radical (unpaired) electrons. The fourth-order valence-corrected chi connectivity index (χ4v) is 2.35. The first-order chi connectivity index (χ1) is 11.6. The number of ether oxygens (including phenoxy) is 2. The second-order valence-electron chi connectivity index (χ2n) is 6.02. The van der Waals surface area contributed by atoms with Crippen molar-refractivity contribution in [1.29, 1.82) is 0 Å². The van der Waals surface area contributed by atoms with E-state index < -0.39 is 12.2 Å². The van der Waals surface area contributed by atoms with Crippen LogP contribution in [0.3, 0.4) is 0 Å². The first kappa shape index (κ1) is 22.5. The van der Waals surface area contributed by atoms with E-state index in [4.69, 9.17) is 9.47 Å². The molecule has 2 amide bonds. The third kappa shape index (κ3) is 12.0. The van der Waals surface area contributed by atoms with Gasteiger partial charge in [-0.1, -0.05) is 63.6 Å². The second kappa shape index (κ2) is 15.1. The van der Waals surface area contributed by atoms with Crippen molar-refractivity contribution in [2.24, 2.45) is 10.2 Å². The van der Waals surface area contributed by atoms with Crippen LogP contribution < -0.4 is 0 Å². The van der Waals surface area contributed by atoms with Crippen LogP contribution in [-0.2, 0) is 9.47 Å². The number of hydrogen-bond donors (Lipinski definition) is 0. The number of nitrogens with zero attached hydrogens (tertiary/aromatic N) is 2. The smallest absolute Gasteiger partial charge is 0.444 e. The topological polar surface area (TPSA) is 77.3 Å². The van der Waals surface area contributed by atoms with Crippen molar-refractivity contribution in [1.82, 2.24) is 0 Å². The number of hydrogen-bond acceptors (Lipinski definition) is 4. The van der Waals surface area contributed by atoms with Gasteiger partial charge in [0.1, 0.15) is 12.2 Å². The molecule has 0 aliphatic heterocycles. The molecule has 0 aliphatic carbocycles. The van der Waals surface area contributed by atoms with E-state index >= 15 is 0 Å². The third-order valence-electron chi connectivity index (χ3n) is 3.92. The molecule has 0 saturated heterocycles. The summed E-state index contributed by atoms with van der Waals surface area (Å²) in [6, 6.07) is 0. The standard InChI is InChI=1S/C18H34N2O4/c1-5-9-11-13-15(7-3)23-17(21)19-20-18(22)24-16(8-4)14-12-10-6-2/h15-16H,5-14H2,1-4H3/b20-19+. The molecule has 0 fully saturated rings. The molecule has 0 aromatic rings. The molecule has 0 spiro atoms. The summed E-state index contributed by atoms with van der Waals surface area (Å²) in [4.78, 5) is 23.3. The Labute approximate surface area is 146 Å². The maximum absolute atomic E-state index is 11.6. The van der Waals surface area contributed by atoms with Crippen molar-refractivity contribution < 1.29 is 19.1 Å². The van der Waals surface area contributed by atoms with Gasteiger partial charge in [0.2, 0.25) is 0 Å². The minimum absolute atomic E-state index is 0.170. The quantitative estimate of drug-likeness (QED) is 0.302. The normalized spacial score (nSPS) is 13.7. The van der Waals surface area contributed by atoms with Crippen LogP contribution >= 0.6 is 0 Å². The zero-order valence-electron chi connectivity index (χ0n) is 15.8. The molecule has 0 N–H and O–H groups in total. The minimum Gasteiger partial charge on any atom is -0.444 e. The molecule has 0 aliphatic rings. The highest BCUT2D eigenvalue weighted by Crippen LogP contribution is 2.12. The minimum atomic E-state index is -0.825. The molecule has 0 rings (SSSR count). The number of unbranched alkanes of at least 4 members (excludes halogenated alkanes) is 4. The SMILES string of the molecule is CCCCCC(CC)OC(=O)/N=N/C(=O)OC(CC)CCCCC. The molecule has 0 heterocycles. The van der Waals surface area contributed by atoms with Crippen LogP contribution in [0.25, 0.3) is 0 Å². The number of carbonyl (C=O) groups excluding carboxylic acids is 2.